The zero-order valence-electron chi connectivity index (χ0n) is 17.7. The van der Waals surface area contributed by atoms with Gasteiger partial charge in [0.25, 0.3) is 5.56 Å². The average molecular weight is 459 g/mol. The fraction of sp³-hybridized carbons (Fsp3) is 0.120. The number of benzene rings is 3. The lowest BCUT2D eigenvalue weighted by Crippen LogP contribution is -2.27. The number of hydrogen-bond donors (Lipinski definition) is 0. The Morgan fingerprint density at radius 3 is 2.48 bits per heavy atom. The fourth-order valence-electron chi connectivity index (χ4n) is 3.61. The normalized spacial score (nSPS) is 12.2. The van der Waals surface area contributed by atoms with Crippen molar-refractivity contribution in [3.63, 3.8) is 0 Å². The molecule has 0 saturated heterocycles. The minimum absolute atomic E-state index is 0.100. The van der Waals surface area contributed by atoms with E-state index in [1.54, 1.807) is 22.8 Å². The molecule has 0 aliphatic carbocycles. The van der Waals surface area contributed by atoms with Gasteiger partial charge in [0.15, 0.2) is 5.16 Å². The summed E-state index contributed by atoms with van der Waals surface area (Å²) in [4.78, 5) is 22.6. The Bertz CT molecular complexity index is 1470. The smallest absolute Gasteiger partial charge is 0.262 e. The Labute approximate surface area is 193 Å². The van der Waals surface area contributed by atoms with Crippen LogP contribution in [0.1, 0.15) is 24.4 Å². The van der Waals surface area contributed by atoms with Crippen LogP contribution in [-0.4, -0.2) is 19.7 Å². The van der Waals surface area contributed by atoms with Crippen molar-refractivity contribution in [3.05, 3.63) is 106 Å². The number of nitrogens with zero attached hydrogens (tertiary/aromatic N) is 4. The Morgan fingerprint density at radius 1 is 0.970 bits per heavy atom. The van der Waals surface area contributed by atoms with Gasteiger partial charge in [0.2, 0.25) is 11.7 Å². The van der Waals surface area contributed by atoms with Gasteiger partial charge in [0.05, 0.1) is 22.7 Å². The topological polar surface area (TPSA) is 73.8 Å². The number of aromatic nitrogens is 4. The minimum Gasteiger partial charge on any atom is -0.338 e. The molecule has 0 saturated carbocycles. The van der Waals surface area contributed by atoms with E-state index in [1.165, 1.54) is 23.9 Å². The zero-order chi connectivity index (χ0) is 22.8. The van der Waals surface area contributed by atoms with E-state index in [4.69, 9.17) is 9.51 Å². The van der Waals surface area contributed by atoms with Crippen LogP contribution < -0.4 is 5.56 Å². The molecule has 2 heterocycles. The van der Waals surface area contributed by atoms with Crippen molar-refractivity contribution < 1.29 is 8.91 Å². The minimum atomic E-state index is -0.328. The number of para-hydroxylation sites is 1. The van der Waals surface area contributed by atoms with Gasteiger partial charge in [0.1, 0.15) is 5.82 Å². The molecular weight excluding hydrogens is 439 g/mol. The summed E-state index contributed by atoms with van der Waals surface area (Å²) in [5.41, 5.74) is 2.21. The van der Waals surface area contributed by atoms with E-state index in [2.05, 4.69) is 10.1 Å². The van der Waals surface area contributed by atoms with Crippen LogP contribution in [0.15, 0.2) is 93.3 Å². The highest BCUT2D eigenvalue weighted by Gasteiger charge is 2.19. The molecule has 0 fully saturated rings. The maximum atomic E-state index is 13.4. The molecule has 0 bridgehead atoms. The van der Waals surface area contributed by atoms with Gasteiger partial charge in [-0.05, 0) is 48.9 Å². The van der Waals surface area contributed by atoms with Crippen molar-refractivity contribution in [3.8, 4) is 11.4 Å². The van der Waals surface area contributed by atoms with E-state index in [1.807, 2.05) is 55.5 Å². The second-order valence-electron chi connectivity index (χ2n) is 7.48. The SMILES string of the molecule is C[C@H](c1ccccc1)n1c(SCc2nc(-c3ccc(F)cc3)no2)nc2ccccc2c1=O. The van der Waals surface area contributed by atoms with E-state index >= 15 is 0 Å². The van der Waals surface area contributed by atoms with Crippen molar-refractivity contribution >= 4 is 22.7 Å². The first kappa shape index (κ1) is 21.1. The summed E-state index contributed by atoms with van der Waals surface area (Å²) in [7, 11) is 0. The molecule has 6 nitrogen and oxygen atoms in total. The first-order valence-corrected chi connectivity index (χ1v) is 11.4. The van der Waals surface area contributed by atoms with Gasteiger partial charge in [-0.2, -0.15) is 4.98 Å². The molecular formula is C25H19FN4O2S. The third-order valence-corrected chi connectivity index (χ3v) is 6.28. The Balaban J connectivity index is 1.49. The van der Waals surface area contributed by atoms with Crippen molar-refractivity contribution in [1.82, 2.24) is 19.7 Å². The van der Waals surface area contributed by atoms with Crippen LogP contribution in [0.3, 0.4) is 0 Å². The fourth-order valence-corrected chi connectivity index (χ4v) is 4.52. The van der Waals surface area contributed by atoms with Gasteiger partial charge in [-0.1, -0.05) is 59.4 Å². The molecule has 5 rings (SSSR count). The number of rotatable bonds is 6. The summed E-state index contributed by atoms with van der Waals surface area (Å²) in [6.07, 6.45) is 0. The molecule has 0 spiro atoms. The molecule has 5 aromatic rings. The van der Waals surface area contributed by atoms with Crippen LogP contribution in [0.25, 0.3) is 22.3 Å². The summed E-state index contributed by atoms with van der Waals surface area (Å²) in [5, 5.41) is 5.13. The van der Waals surface area contributed by atoms with E-state index in [0.29, 0.717) is 39.1 Å². The van der Waals surface area contributed by atoms with Gasteiger partial charge in [0, 0.05) is 5.56 Å². The zero-order valence-corrected chi connectivity index (χ0v) is 18.5. The first-order valence-electron chi connectivity index (χ1n) is 10.4. The van der Waals surface area contributed by atoms with Gasteiger partial charge in [-0.15, -0.1) is 0 Å². The van der Waals surface area contributed by atoms with E-state index in [9.17, 15) is 9.18 Å². The number of thioether (sulfide) groups is 1. The molecule has 3 aromatic carbocycles. The maximum Gasteiger partial charge on any atom is 0.262 e. The van der Waals surface area contributed by atoms with Crippen molar-refractivity contribution in [2.45, 2.75) is 23.9 Å². The summed E-state index contributed by atoms with van der Waals surface area (Å²) in [6.45, 7) is 1.98. The van der Waals surface area contributed by atoms with Crippen molar-refractivity contribution in [1.29, 1.82) is 0 Å². The Morgan fingerprint density at radius 2 is 1.70 bits per heavy atom. The third-order valence-electron chi connectivity index (χ3n) is 5.34. The molecule has 0 aliphatic heterocycles. The molecule has 1 atom stereocenters. The summed E-state index contributed by atoms with van der Waals surface area (Å²) < 4.78 is 20.3. The Kier molecular flexibility index (Phi) is 5.75. The van der Waals surface area contributed by atoms with Crippen LogP contribution in [0, 0.1) is 5.82 Å². The largest absolute Gasteiger partial charge is 0.338 e. The highest BCUT2D eigenvalue weighted by molar-refractivity contribution is 7.98. The quantitative estimate of drug-likeness (QED) is 0.248. The molecule has 0 N–H and O–H groups in total. The lowest BCUT2D eigenvalue weighted by atomic mass is 10.1. The van der Waals surface area contributed by atoms with E-state index in [-0.39, 0.29) is 17.4 Å². The Hall–Kier alpha value is -3.78. The molecule has 8 heteroatoms. The monoisotopic (exact) mass is 458 g/mol. The third kappa shape index (κ3) is 4.29. The lowest BCUT2D eigenvalue weighted by molar-refractivity contribution is 0.391. The molecule has 33 heavy (non-hydrogen) atoms. The van der Waals surface area contributed by atoms with Crippen LogP contribution in [0.4, 0.5) is 4.39 Å². The maximum absolute atomic E-state index is 13.4. The highest BCUT2D eigenvalue weighted by atomic mass is 32.2. The van der Waals surface area contributed by atoms with Crippen molar-refractivity contribution in [2.75, 3.05) is 0 Å². The predicted molar refractivity (Wildman–Crippen MR) is 126 cm³/mol. The average Bonchev–Trinajstić information content (AvgIpc) is 3.32. The summed E-state index contributed by atoms with van der Waals surface area (Å²) in [5.74, 6) is 0.777. The van der Waals surface area contributed by atoms with E-state index in [0.717, 1.165) is 5.56 Å². The molecule has 0 radical (unpaired) electrons. The molecule has 164 valence electrons. The number of fused-ring (bicyclic) bond motifs is 1. The first-order chi connectivity index (χ1) is 16.1. The second kappa shape index (κ2) is 8.99. The van der Waals surface area contributed by atoms with Gasteiger partial charge in [-0.25, -0.2) is 9.37 Å². The van der Waals surface area contributed by atoms with Crippen LogP contribution in [0.5, 0.6) is 0 Å². The highest BCUT2D eigenvalue weighted by Crippen LogP contribution is 2.27. The predicted octanol–water partition coefficient (Wildman–Crippen LogP) is 5.49. The van der Waals surface area contributed by atoms with Crippen molar-refractivity contribution in [2.24, 2.45) is 0 Å². The molecule has 0 aliphatic rings. The van der Waals surface area contributed by atoms with Gasteiger partial charge in [-0.3, -0.25) is 9.36 Å². The second-order valence-corrected chi connectivity index (χ2v) is 8.42. The van der Waals surface area contributed by atoms with Crippen LogP contribution in [-0.2, 0) is 5.75 Å². The summed E-state index contributed by atoms with van der Waals surface area (Å²) in [6, 6.07) is 22.8. The lowest BCUT2D eigenvalue weighted by Gasteiger charge is -2.19. The van der Waals surface area contributed by atoms with Gasteiger partial charge >= 0.3 is 0 Å². The van der Waals surface area contributed by atoms with Crippen LogP contribution in [0.2, 0.25) is 0 Å². The molecule has 0 amide bonds. The summed E-state index contributed by atoms with van der Waals surface area (Å²) >= 11 is 1.36. The standard InChI is InChI=1S/C25H19FN4O2S/c1-16(17-7-3-2-4-8-17)30-24(31)20-9-5-6-10-21(20)27-25(30)33-15-22-28-23(29-32-22)18-11-13-19(26)14-12-18/h2-14,16H,15H2,1H3/t16-/m1/s1. The van der Waals surface area contributed by atoms with E-state index < -0.39 is 0 Å². The molecule has 2 aromatic heterocycles. The number of hydrogen-bond acceptors (Lipinski definition) is 6. The van der Waals surface area contributed by atoms with Crippen LogP contribution >= 0.6 is 11.8 Å². The van der Waals surface area contributed by atoms with Gasteiger partial charge < -0.3 is 4.52 Å². The molecule has 0 unspecified atom stereocenters. The number of halogens is 1.